The van der Waals surface area contributed by atoms with Crippen LogP contribution in [0.5, 0.6) is 0 Å². The molecule has 0 aliphatic heterocycles. The lowest BCUT2D eigenvalue weighted by molar-refractivity contribution is 0.102. The summed E-state index contributed by atoms with van der Waals surface area (Å²) in [4.78, 5) is 31.3. The Labute approximate surface area is 159 Å². The van der Waals surface area contributed by atoms with Crippen molar-refractivity contribution in [3.8, 4) is 0 Å². The lowest BCUT2D eigenvalue weighted by Gasteiger charge is -2.06. The van der Waals surface area contributed by atoms with E-state index in [0.29, 0.717) is 21.9 Å². The summed E-state index contributed by atoms with van der Waals surface area (Å²) in [6.45, 7) is 3.82. The molecule has 0 radical (unpaired) electrons. The van der Waals surface area contributed by atoms with E-state index in [1.165, 1.54) is 29.1 Å². The SMILES string of the molecule is Cc1cc(C)nc(Nc2nc(C(=O)Nc3nc4c(s3)CCCC4)cs2)n1. The van der Waals surface area contributed by atoms with Gasteiger partial charge in [-0.3, -0.25) is 10.1 Å². The van der Waals surface area contributed by atoms with Gasteiger partial charge in [0.15, 0.2) is 10.3 Å². The van der Waals surface area contributed by atoms with Crippen LogP contribution in [0, 0.1) is 13.8 Å². The highest BCUT2D eigenvalue weighted by molar-refractivity contribution is 7.16. The fraction of sp³-hybridized carbons (Fsp3) is 0.353. The second-order valence-corrected chi connectivity index (χ2v) is 8.13. The third-order valence-electron chi connectivity index (χ3n) is 4.00. The smallest absolute Gasteiger partial charge is 0.276 e. The average Bonchev–Trinajstić information content (AvgIpc) is 3.20. The summed E-state index contributed by atoms with van der Waals surface area (Å²) in [5.74, 6) is 0.234. The highest BCUT2D eigenvalue weighted by Crippen LogP contribution is 2.30. The first-order valence-electron chi connectivity index (χ1n) is 8.41. The molecule has 1 aliphatic carbocycles. The zero-order chi connectivity index (χ0) is 18.1. The number of amides is 1. The van der Waals surface area contributed by atoms with E-state index in [0.717, 1.165) is 29.9 Å². The summed E-state index contributed by atoms with van der Waals surface area (Å²) >= 11 is 2.91. The topological polar surface area (TPSA) is 92.7 Å². The highest BCUT2D eigenvalue weighted by atomic mass is 32.1. The van der Waals surface area contributed by atoms with E-state index >= 15 is 0 Å². The molecule has 0 bridgehead atoms. The Bertz CT molecular complexity index is 920. The Hall–Kier alpha value is -2.39. The first-order valence-corrected chi connectivity index (χ1v) is 10.1. The molecule has 3 aromatic heterocycles. The summed E-state index contributed by atoms with van der Waals surface area (Å²) in [6, 6.07) is 1.90. The molecule has 134 valence electrons. The molecule has 3 aromatic rings. The number of thiazole rings is 2. The number of anilines is 3. The normalized spacial score (nSPS) is 13.3. The van der Waals surface area contributed by atoms with Gasteiger partial charge in [0.2, 0.25) is 5.95 Å². The van der Waals surface area contributed by atoms with Crippen molar-refractivity contribution in [2.75, 3.05) is 10.6 Å². The second kappa shape index (κ2) is 7.08. The third-order valence-corrected chi connectivity index (χ3v) is 5.83. The van der Waals surface area contributed by atoms with Gasteiger partial charge in [0.1, 0.15) is 5.69 Å². The minimum atomic E-state index is -0.248. The maximum Gasteiger partial charge on any atom is 0.276 e. The number of rotatable bonds is 4. The van der Waals surface area contributed by atoms with Gasteiger partial charge < -0.3 is 5.32 Å². The molecule has 7 nitrogen and oxygen atoms in total. The van der Waals surface area contributed by atoms with E-state index < -0.39 is 0 Å². The van der Waals surface area contributed by atoms with Gasteiger partial charge in [-0.15, -0.1) is 22.7 Å². The molecule has 26 heavy (non-hydrogen) atoms. The largest absolute Gasteiger partial charge is 0.300 e. The van der Waals surface area contributed by atoms with Gasteiger partial charge >= 0.3 is 0 Å². The molecule has 0 unspecified atom stereocenters. The molecule has 0 aromatic carbocycles. The van der Waals surface area contributed by atoms with E-state index in [4.69, 9.17) is 0 Å². The Morgan fingerprint density at radius 1 is 1.04 bits per heavy atom. The maximum atomic E-state index is 12.4. The molecule has 0 fully saturated rings. The fourth-order valence-electron chi connectivity index (χ4n) is 2.88. The van der Waals surface area contributed by atoms with Crippen molar-refractivity contribution < 1.29 is 4.79 Å². The fourth-order valence-corrected chi connectivity index (χ4v) is 4.61. The Morgan fingerprint density at radius 2 is 1.81 bits per heavy atom. The van der Waals surface area contributed by atoms with Crippen LogP contribution in [0.25, 0.3) is 0 Å². The first-order chi connectivity index (χ1) is 12.6. The number of carbonyl (C=O) groups excluding carboxylic acids is 1. The number of carbonyl (C=O) groups is 1. The van der Waals surface area contributed by atoms with Crippen LogP contribution in [-0.4, -0.2) is 25.8 Å². The number of nitrogens with one attached hydrogen (secondary N) is 2. The predicted octanol–water partition coefficient (Wildman–Crippen LogP) is 3.88. The summed E-state index contributed by atoms with van der Waals surface area (Å²) in [7, 11) is 0. The minimum absolute atomic E-state index is 0.248. The van der Waals surface area contributed by atoms with Crippen LogP contribution < -0.4 is 10.6 Å². The van der Waals surface area contributed by atoms with E-state index in [-0.39, 0.29) is 5.91 Å². The molecule has 4 rings (SSSR count). The van der Waals surface area contributed by atoms with Gasteiger partial charge in [0, 0.05) is 21.6 Å². The average molecular weight is 387 g/mol. The van der Waals surface area contributed by atoms with Crippen molar-refractivity contribution in [2.24, 2.45) is 0 Å². The predicted molar refractivity (Wildman–Crippen MR) is 104 cm³/mol. The molecule has 1 amide bonds. The quantitative estimate of drug-likeness (QED) is 0.707. The van der Waals surface area contributed by atoms with Crippen molar-refractivity contribution in [1.29, 1.82) is 0 Å². The summed E-state index contributed by atoms with van der Waals surface area (Å²) in [5, 5.41) is 8.87. The van der Waals surface area contributed by atoms with Gasteiger partial charge in [-0.25, -0.2) is 19.9 Å². The molecular formula is C17H18N6OS2. The lowest BCUT2D eigenvalue weighted by Crippen LogP contribution is -2.12. The summed E-state index contributed by atoms with van der Waals surface area (Å²) in [6.07, 6.45) is 4.43. The van der Waals surface area contributed by atoms with Crippen LogP contribution >= 0.6 is 22.7 Å². The number of fused-ring (bicyclic) bond motifs is 1. The standard InChI is InChI=1S/C17H18N6OS2/c1-9-7-10(2)19-15(18-9)23-16-21-12(8-25-16)14(24)22-17-20-11-5-3-4-6-13(11)26-17/h7-8H,3-6H2,1-2H3,(H,20,22,24)(H,18,19,21,23). The Balaban J connectivity index is 1.45. The number of hydrogen-bond acceptors (Lipinski definition) is 8. The lowest BCUT2D eigenvalue weighted by atomic mass is 10.0. The maximum absolute atomic E-state index is 12.4. The van der Waals surface area contributed by atoms with Crippen LogP contribution in [0.3, 0.4) is 0 Å². The molecule has 0 saturated carbocycles. The van der Waals surface area contributed by atoms with Crippen LogP contribution in [0.15, 0.2) is 11.4 Å². The molecule has 0 saturated heterocycles. The monoisotopic (exact) mass is 386 g/mol. The van der Waals surface area contributed by atoms with Crippen LogP contribution in [0.2, 0.25) is 0 Å². The van der Waals surface area contributed by atoms with E-state index in [1.807, 2.05) is 19.9 Å². The third kappa shape index (κ3) is 3.73. The summed E-state index contributed by atoms with van der Waals surface area (Å²) in [5.41, 5.74) is 3.24. The molecule has 0 atom stereocenters. The summed E-state index contributed by atoms with van der Waals surface area (Å²) < 4.78 is 0. The number of nitrogens with zero attached hydrogens (tertiary/aromatic N) is 4. The van der Waals surface area contributed by atoms with E-state index in [1.54, 1.807) is 16.7 Å². The van der Waals surface area contributed by atoms with Crippen LogP contribution in [-0.2, 0) is 12.8 Å². The van der Waals surface area contributed by atoms with Gasteiger partial charge in [-0.1, -0.05) is 0 Å². The number of aryl methyl sites for hydroxylation is 4. The first kappa shape index (κ1) is 17.0. The van der Waals surface area contributed by atoms with E-state index in [9.17, 15) is 4.79 Å². The van der Waals surface area contributed by atoms with Gasteiger partial charge in [-0.05, 0) is 45.6 Å². The second-order valence-electron chi connectivity index (χ2n) is 6.19. The zero-order valence-electron chi connectivity index (χ0n) is 14.5. The Morgan fingerprint density at radius 3 is 2.58 bits per heavy atom. The molecule has 9 heteroatoms. The highest BCUT2D eigenvalue weighted by Gasteiger charge is 2.18. The zero-order valence-corrected chi connectivity index (χ0v) is 16.1. The van der Waals surface area contributed by atoms with Gasteiger partial charge in [-0.2, -0.15) is 0 Å². The van der Waals surface area contributed by atoms with Gasteiger partial charge in [0.05, 0.1) is 5.69 Å². The Kier molecular flexibility index (Phi) is 4.64. The number of aromatic nitrogens is 4. The molecule has 0 spiro atoms. The van der Waals surface area contributed by atoms with Gasteiger partial charge in [0.25, 0.3) is 5.91 Å². The van der Waals surface area contributed by atoms with Crippen molar-refractivity contribution in [1.82, 2.24) is 19.9 Å². The van der Waals surface area contributed by atoms with E-state index in [2.05, 4.69) is 30.6 Å². The van der Waals surface area contributed by atoms with Crippen molar-refractivity contribution >= 4 is 44.8 Å². The van der Waals surface area contributed by atoms with Crippen molar-refractivity contribution in [2.45, 2.75) is 39.5 Å². The minimum Gasteiger partial charge on any atom is -0.300 e. The van der Waals surface area contributed by atoms with Crippen molar-refractivity contribution in [3.63, 3.8) is 0 Å². The molecular weight excluding hydrogens is 368 g/mol. The van der Waals surface area contributed by atoms with Crippen LogP contribution in [0.1, 0.15) is 45.3 Å². The number of hydrogen-bond donors (Lipinski definition) is 2. The molecule has 1 aliphatic rings. The molecule has 3 heterocycles. The molecule has 2 N–H and O–H groups in total. The van der Waals surface area contributed by atoms with Crippen LogP contribution in [0.4, 0.5) is 16.2 Å². The van der Waals surface area contributed by atoms with Crippen molar-refractivity contribution in [3.05, 3.63) is 39.1 Å².